The van der Waals surface area contributed by atoms with Crippen molar-refractivity contribution in [2.45, 2.75) is 39.2 Å². The molecule has 8 heteroatoms. The lowest BCUT2D eigenvalue weighted by molar-refractivity contribution is -0.121. The van der Waals surface area contributed by atoms with Crippen molar-refractivity contribution in [2.24, 2.45) is 0 Å². The van der Waals surface area contributed by atoms with Crippen molar-refractivity contribution in [1.29, 1.82) is 0 Å². The van der Waals surface area contributed by atoms with E-state index in [4.69, 9.17) is 9.47 Å². The minimum atomic E-state index is -3.45. The average molecular weight is 449 g/mol. The zero-order chi connectivity index (χ0) is 23.0. The molecule has 7 nitrogen and oxygen atoms in total. The number of anilines is 1. The molecule has 0 spiro atoms. The summed E-state index contributed by atoms with van der Waals surface area (Å²) in [4.78, 5) is 12.6. The Balaban J connectivity index is 2.02. The van der Waals surface area contributed by atoms with Crippen molar-refractivity contribution in [2.75, 3.05) is 31.3 Å². The van der Waals surface area contributed by atoms with E-state index in [-0.39, 0.29) is 24.9 Å². The van der Waals surface area contributed by atoms with Crippen LogP contribution in [0, 0.1) is 6.92 Å². The largest absolute Gasteiger partial charge is 0.493 e. The number of aryl methyl sites for hydroxylation is 1. The summed E-state index contributed by atoms with van der Waals surface area (Å²) < 4.78 is 36.6. The fourth-order valence-electron chi connectivity index (χ4n) is 3.45. The van der Waals surface area contributed by atoms with Crippen LogP contribution in [-0.2, 0) is 14.8 Å². The van der Waals surface area contributed by atoms with Crippen LogP contribution in [-0.4, -0.2) is 41.3 Å². The predicted octanol–water partition coefficient (Wildman–Crippen LogP) is 3.83. The van der Waals surface area contributed by atoms with Gasteiger partial charge in [-0.1, -0.05) is 31.2 Å². The number of rotatable bonds is 11. The molecular weight excluding hydrogens is 416 g/mol. The average Bonchev–Trinajstić information content (AvgIpc) is 2.74. The summed E-state index contributed by atoms with van der Waals surface area (Å²) in [6.07, 6.45) is 2.53. The molecule has 2 aromatic rings. The van der Waals surface area contributed by atoms with Gasteiger partial charge in [-0.25, -0.2) is 8.42 Å². The van der Waals surface area contributed by atoms with E-state index in [2.05, 4.69) is 5.32 Å². The number of benzene rings is 2. The van der Waals surface area contributed by atoms with Gasteiger partial charge in [-0.05, 0) is 49.1 Å². The van der Waals surface area contributed by atoms with Crippen LogP contribution in [0.2, 0.25) is 0 Å². The van der Waals surface area contributed by atoms with Gasteiger partial charge in [0.2, 0.25) is 15.9 Å². The second-order valence-corrected chi connectivity index (χ2v) is 9.27. The zero-order valence-electron chi connectivity index (χ0n) is 18.8. The van der Waals surface area contributed by atoms with Crippen LogP contribution in [0.15, 0.2) is 42.5 Å². The molecule has 0 aliphatic carbocycles. The van der Waals surface area contributed by atoms with Crippen molar-refractivity contribution in [3.8, 4) is 11.5 Å². The maximum atomic E-state index is 12.6. The van der Waals surface area contributed by atoms with E-state index in [1.54, 1.807) is 20.3 Å². The molecule has 0 heterocycles. The number of nitrogens with zero attached hydrogens (tertiary/aromatic N) is 1. The number of nitrogens with one attached hydrogen (secondary N) is 1. The summed E-state index contributed by atoms with van der Waals surface area (Å²) >= 11 is 0. The molecule has 0 aromatic heterocycles. The van der Waals surface area contributed by atoms with Gasteiger partial charge in [0.15, 0.2) is 11.5 Å². The number of para-hydroxylation sites is 1. The molecule has 0 radical (unpaired) electrons. The molecule has 1 N–H and O–H groups in total. The highest BCUT2D eigenvalue weighted by Gasteiger charge is 2.20. The first kappa shape index (κ1) is 24.5. The maximum Gasteiger partial charge on any atom is 0.232 e. The number of sulfonamides is 1. The third-order valence-electron chi connectivity index (χ3n) is 5.10. The second kappa shape index (κ2) is 11.0. The predicted molar refractivity (Wildman–Crippen MR) is 123 cm³/mol. The summed E-state index contributed by atoms with van der Waals surface area (Å²) in [6, 6.07) is 12.7. The van der Waals surface area contributed by atoms with Crippen LogP contribution in [0.5, 0.6) is 11.5 Å². The monoisotopic (exact) mass is 448 g/mol. The van der Waals surface area contributed by atoms with Crippen LogP contribution in [0.1, 0.15) is 43.4 Å². The molecule has 170 valence electrons. The van der Waals surface area contributed by atoms with Gasteiger partial charge in [0, 0.05) is 13.0 Å². The SMILES string of the molecule is CC[C@H](NC(=O)CCCN(c1ccccc1C)S(C)(=O)=O)c1ccc(OC)c(OC)c1. The van der Waals surface area contributed by atoms with Crippen molar-refractivity contribution in [3.05, 3.63) is 53.6 Å². The smallest absolute Gasteiger partial charge is 0.232 e. The Morgan fingerprint density at radius 3 is 2.35 bits per heavy atom. The van der Waals surface area contributed by atoms with Gasteiger partial charge < -0.3 is 14.8 Å². The Bertz CT molecular complexity index is 991. The van der Waals surface area contributed by atoms with E-state index in [9.17, 15) is 13.2 Å². The molecule has 2 rings (SSSR count). The Kier molecular flexibility index (Phi) is 8.74. The maximum absolute atomic E-state index is 12.6. The van der Waals surface area contributed by atoms with Crippen molar-refractivity contribution >= 4 is 21.6 Å². The minimum Gasteiger partial charge on any atom is -0.493 e. The first-order chi connectivity index (χ1) is 14.7. The molecule has 0 aliphatic heterocycles. The summed E-state index contributed by atoms with van der Waals surface area (Å²) in [7, 11) is -0.298. The lowest BCUT2D eigenvalue weighted by atomic mass is 10.0. The fraction of sp³-hybridized carbons (Fsp3) is 0.435. The molecular formula is C23H32N2O5S. The van der Waals surface area contributed by atoms with Gasteiger partial charge in [-0.2, -0.15) is 0 Å². The topological polar surface area (TPSA) is 84.9 Å². The van der Waals surface area contributed by atoms with Crippen LogP contribution in [0.25, 0.3) is 0 Å². The lowest BCUT2D eigenvalue weighted by Crippen LogP contribution is -2.33. The highest BCUT2D eigenvalue weighted by Crippen LogP contribution is 2.31. The van der Waals surface area contributed by atoms with Gasteiger partial charge in [0.05, 0.1) is 32.2 Å². The molecule has 0 unspecified atom stereocenters. The molecule has 31 heavy (non-hydrogen) atoms. The molecule has 0 aliphatic rings. The number of methoxy groups -OCH3 is 2. The fourth-order valence-corrected chi connectivity index (χ4v) is 4.47. The summed E-state index contributed by atoms with van der Waals surface area (Å²) in [5.74, 6) is 1.11. The highest BCUT2D eigenvalue weighted by molar-refractivity contribution is 7.92. The molecule has 1 atom stereocenters. The van der Waals surface area contributed by atoms with Crippen LogP contribution in [0.3, 0.4) is 0 Å². The molecule has 0 saturated carbocycles. The van der Waals surface area contributed by atoms with Gasteiger partial charge >= 0.3 is 0 Å². The molecule has 0 bridgehead atoms. The number of hydrogen-bond acceptors (Lipinski definition) is 5. The standard InChI is InChI=1S/C23H32N2O5S/c1-6-19(18-13-14-21(29-3)22(16-18)30-4)24-23(26)12-9-15-25(31(5,27)28)20-11-8-7-10-17(20)2/h7-8,10-11,13-14,16,19H,6,9,12,15H2,1-5H3,(H,24,26)/t19-/m0/s1. The number of carbonyl (C=O) groups is 1. The van der Waals surface area contributed by atoms with Gasteiger partial charge in [-0.15, -0.1) is 0 Å². The third-order valence-corrected chi connectivity index (χ3v) is 6.28. The summed E-state index contributed by atoms with van der Waals surface area (Å²) in [6.45, 7) is 4.10. The van der Waals surface area contributed by atoms with Gasteiger partial charge in [0.1, 0.15) is 0 Å². The summed E-state index contributed by atoms with van der Waals surface area (Å²) in [5, 5.41) is 3.03. The van der Waals surface area contributed by atoms with Crippen LogP contribution in [0.4, 0.5) is 5.69 Å². The molecule has 1 amide bonds. The Morgan fingerprint density at radius 2 is 1.77 bits per heavy atom. The summed E-state index contributed by atoms with van der Waals surface area (Å²) in [5.41, 5.74) is 2.44. The van der Waals surface area contributed by atoms with E-state index in [1.807, 2.05) is 50.2 Å². The van der Waals surface area contributed by atoms with Gasteiger partial charge in [0.25, 0.3) is 0 Å². The van der Waals surface area contributed by atoms with E-state index in [1.165, 1.54) is 10.6 Å². The third kappa shape index (κ3) is 6.62. The highest BCUT2D eigenvalue weighted by atomic mass is 32.2. The van der Waals surface area contributed by atoms with Gasteiger partial charge in [-0.3, -0.25) is 9.10 Å². The van der Waals surface area contributed by atoms with Crippen molar-refractivity contribution < 1.29 is 22.7 Å². The first-order valence-electron chi connectivity index (χ1n) is 10.3. The Labute approximate surface area is 185 Å². The van der Waals surface area contributed by atoms with Crippen molar-refractivity contribution in [3.63, 3.8) is 0 Å². The van der Waals surface area contributed by atoms with Crippen LogP contribution < -0.4 is 19.1 Å². The van der Waals surface area contributed by atoms with E-state index >= 15 is 0 Å². The number of carbonyl (C=O) groups excluding carboxylic acids is 1. The quantitative estimate of drug-likeness (QED) is 0.565. The second-order valence-electron chi connectivity index (χ2n) is 7.37. The normalized spacial score (nSPS) is 12.2. The Morgan fingerprint density at radius 1 is 1.10 bits per heavy atom. The molecule has 0 fully saturated rings. The zero-order valence-corrected chi connectivity index (χ0v) is 19.7. The van der Waals surface area contributed by atoms with Crippen LogP contribution >= 0.6 is 0 Å². The molecule has 0 saturated heterocycles. The number of hydrogen-bond donors (Lipinski definition) is 1. The van der Waals surface area contributed by atoms with Crippen molar-refractivity contribution in [1.82, 2.24) is 5.32 Å². The van der Waals surface area contributed by atoms with E-state index in [0.717, 1.165) is 11.1 Å². The number of amides is 1. The van der Waals surface area contributed by atoms with E-state index < -0.39 is 10.0 Å². The number of ether oxygens (including phenoxy) is 2. The Hall–Kier alpha value is -2.74. The molecule has 2 aromatic carbocycles. The first-order valence-corrected chi connectivity index (χ1v) is 12.1. The lowest BCUT2D eigenvalue weighted by Gasteiger charge is -2.24. The minimum absolute atomic E-state index is 0.125. The van der Waals surface area contributed by atoms with E-state index in [0.29, 0.717) is 30.0 Å².